The molecular formula is C10H8N2O2S. The summed E-state index contributed by atoms with van der Waals surface area (Å²) in [6.07, 6.45) is 0.755. The van der Waals surface area contributed by atoms with Crippen LogP contribution < -0.4 is 5.76 Å². The second kappa shape index (κ2) is 3.27. The number of thioether (sulfide) groups is 1. The highest BCUT2D eigenvalue weighted by atomic mass is 32.2. The molecule has 0 bridgehead atoms. The summed E-state index contributed by atoms with van der Waals surface area (Å²) >= 11 is 1.74. The first-order valence-corrected chi connectivity index (χ1v) is 5.64. The summed E-state index contributed by atoms with van der Waals surface area (Å²) in [7, 11) is 0. The fourth-order valence-electron chi connectivity index (χ4n) is 1.69. The van der Waals surface area contributed by atoms with E-state index in [0.717, 1.165) is 22.8 Å². The second-order valence-corrected chi connectivity index (χ2v) is 4.40. The average Bonchev–Trinajstić information content (AvgIpc) is 2.52. The first kappa shape index (κ1) is 8.79. The fraction of sp³-hybridized carbons (Fsp3) is 0.200. The van der Waals surface area contributed by atoms with Crippen LogP contribution in [0.1, 0.15) is 5.82 Å². The van der Waals surface area contributed by atoms with Crippen LogP contribution in [-0.2, 0) is 6.42 Å². The Balaban J connectivity index is 2.35. The zero-order valence-corrected chi connectivity index (χ0v) is 8.66. The van der Waals surface area contributed by atoms with Gasteiger partial charge in [0.1, 0.15) is 0 Å². The van der Waals surface area contributed by atoms with E-state index in [4.69, 9.17) is 0 Å². The van der Waals surface area contributed by atoms with Crippen LogP contribution in [0.2, 0.25) is 0 Å². The molecule has 1 aromatic carbocycles. The van der Waals surface area contributed by atoms with E-state index < -0.39 is 5.76 Å². The molecule has 4 nitrogen and oxygen atoms in total. The molecule has 0 amide bonds. The van der Waals surface area contributed by atoms with Crippen LogP contribution in [0.5, 0.6) is 0 Å². The monoisotopic (exact) mass is 220 g/mol. The first-order valence-electron chi connectivity index (χ1n) is 4.66. The molecule has 0 spiro atoms. The summed E-state index contributed by atoms with van der Waals surface area (Å²) in [6.45, 7) is 0. The van der Waals surface area contributed by atoms with Crippen molar-refractivity contribution in [2.24, 2.45) is 0 Å². The van der Waals surface area contributed by atoms with Crippen molar-refractivity contribution in [3.8, 4) is 5.69 Å². The molecule has 1 aliphatic heterocycles. The Bertz CT molecular complexity index is 559. The SMILES string of the molecule is O=c1onc2n1-c1ccccc1SCC2. The Labute approximate surface area is 89.9 Å². The van der Waals surface area contributed by atoms with E-state index in [2.05, 4.69) is 9.68 Å². The van der Waals surface area contributed by atoms with Crippen molar-refractivity contribution in [2.75, 3.05) is 5.75 Å². The van der Waals surface area contributed by atoms with Crippen LogP contribution in [0.4, 0.5) is 0 Å². The van der Waals surface area contributed by atoms with Gasteiger partial charge in [-0.25, -0.2) is 9.36 Å². The fourth-order valence-corrected chi connectivity index (χ4v) is 2.68. The van der Waals surface area contributed by atoms with E-state index in [0.29, 0.717) is 5.82 Å². The van der Waals surface area contributed by atoms with Gasteiger partial charge in [0, 0.05) is 17.1 Å². The van der Waals surface area contributed by atoms with Crippen LogP contribution in [0.15, 0.2) is 38.5 Å². The average molecular weight is 220 g/mol. The molecule has 0 saturated heterocycles. The van der Waals surface area contributed by atoms with Gasteiger partial charge in [-0.3, -0.25) is 4.52 Å². The van der Waals surface area contributed by atoms with Gasteiger partial charge < -0.3 is 0 Å². The van der Waals surface area contributed by atoms with E-state index in [1.807, 2.05) is 24.3 Å². The molecule has 0 radical (unpaired) electrons. The number of fused-ring (bicyclic) bond motifs is 3. The highest BCUT2D eigenvalue weighted by molar-refractivity contribution is 7.99. The molecule has 0 unspecified atom stereocenters. The lowest BCUT2D eigenvalue weighted by atomic mass is 10.3. The maximum Gasteiger partial charge on any atom is 0.446 e. The van der Waals surface area contributed by atoms with Crippen LogP contribution in [-0.4, -0.2) is 15.5 Å². The molecule has 5 heteroatoms. The first-order chi connectivity index (χ1) is 7.36. The van der Waals surface area contributed by atoms with Crippen molar-refractivity contribution in [1.82, 2.24) is 9.72 Å². The third-order valence-electron chi connectivity index (χ3n) is 2.36. The summed E-state index contributed by atoms with van der Waals surface area (Å²) in [5, 5.41) is 3.78. The molecule has 0 N–H and O–H groups in total. The maximum atomic E-state index is 11.5. The van der Waals surface area contributed by atoms with Gasteiger partial charge in [-0.15, -0.1) is 11.8 Å². The third-order valence-corrected chi connectivity index (χ3v) is 3.42. The molecule has 0 aliphatic carbocycles. The summed E-state index contributed by atoms with van der Waals surface area (Å²) in [6, 6.07) is 7.80. The Hall–Kier alpha value is -1.49. The van der Waals surface area contributed by atoms with Gasteiger partial charge in [0.25, 0.3) is 0 Å². The van der Waals surface area contributed by atoms with Crippen LogP contribution in [0.25, 0.3) is 5.69 Å². The molecule has 2 aromatic rings. The minimum absolute atomic E-state index is 0.403. The highest BCUT2D eigenvalue weighted by Crippen LogP contribution is 2.29. The molecule has 0 atom stereocenters. The van der Waals surface area contributed by atoms with Gasteiger partial charge in [0.05, 0.1) is 5.69 Å². The Morgan fingerprint density at radius 2 is 2.27 bits per heavy atom. The quantitative estimate of drug-likeness (QED) is 0.674. The van der Waals surface area contributed by atoms with E-state index in [9.17, 15) is 4.79 Å². The second-order valence-electron chi connectivity index (χ2n) is 3.27. The maximum absolute atomic E-state index is 11.5. The van der Waals surface area contributed by atoms with Gasteiger partial charge in [-0.2, -0.15) is 0 Å². The van der Waals surface area contributed by atoms with Gasteiger partial charge >= 0.3 is 5.76 Å². The third kappa shape index (κ3) is 1.31. The topological polar surface area (TPSA) is 48.0 Å². The summed E-state index contributed by atoms with van der Waals surface area (Å²) in [4.78, 5) is 12.6. The van der Waals surface area contributed by atoms with Gasteiger partial charge in [-0.1, -0.05) is 17.3 Å². The lowest BCUT2D eigenvalue weighted by molar-refractivity contribution is 0.378. The predicted octanol–water partition coefficient (Wildman–Crippen LogP) is 1.47. The summed E-state index contributed by atoms with van der Waals surface area (Å²) < 4.78 is 6.23. The van der Waals surface area contributed by atoms with Crippen molar-refractivity contribution in [3.63, 3.8) is 0 Å². The molecule has 0 fully saturated rings. The number of para-hydroxylation sites is 1. The molecule has 1 aromatic heterocycles. The van der Waals surface area contributed by atoms with Crippen molar-refractivity contribution >= 4 is 11.8 Å². The predicted molar refractivity (Wildman–Crippen MR) is 56.5 cm³/mol. The Morgan fingerprint density at radius 1 is 1.40 bits per heavy atom. The molecule has 2 heterocycles. The lowest BCUT2D eigenvalue weighted by Gasteiger charge is -2.04. The van der Waals surface area contributed by atoms with Crippen LogP contribution >= 0.6 is 11.8 Å². The van der Waals surface area contributed by atoms with Crippen LogP contribution in [0, 0.1) is 0 Å². The zero-order chi connectivity index (χ0) is 10.3. The standard InChI is InChI=1S/C10H8N2O2S/c13-10-12-7-3-1-2-4-8(7)15-6-5-9(12)11-14-10/h1-4H,5-6H2. The number of nitrogens with zero attached hydrogens (tertiary/aromatic N) is 2. The highest BCUT2D eigenvalue weighted by Gasteiger charge is 2.18. The number of benzene rings is 1. The molecule has 0 saturated carbocycles. The van der Waals surface area contributed by atoms with Crippen molar-refractivity contribution in [2.45, 2.75) is 11.3 Å². The zero-order valence-electron chi connectivity index (χ0n) is 7.84. The number of hydrogen-bond donors (Lipinski definition) is 0. The van der Waals surface area contributed by atoms with Crippen molar-refractivity contribution in [3.05, 3.63) is 40.6 Å². The lowest BCUT2D eigenvalue weighted by Crippen LogP contribution is -2.14. The molecule has 15 heavy (non-hydrogen) atoms. The number of hydrogen-bond acceptors (Lipinski definition) is 4. The minimum atomic E-state index is -0.403. The van der Waals surface area contributed by atoms with E-state index in [1.54, 1.807) is 16.3 Å². The largest absolute Gasteiger partial charge is 0.446 e. The van der Waals surface area contributed by atoms with Crippen LogP contribution in [0.3, 0.4) is 0 Å². The Kier molecular flexibility index (Phi) is 1.92. The summed E-state index contributed by atoms with van der Waals surface area (Å²) in [5.41, 5.74) is 0.876. The van der Waals surface area contributed by atoms with E-state index >= 15 is 0 Å². The molecular weight excluding hydrogens is 212 g/mol. The number of aromatic nitrogens is 2. The van der Waals surface area contributed by atoms with Crippen molar-refractivity contribution in [1.29, 1.82) is 0 Å². The molecule has 76 valence electrons. The number of aryl methyl sites for hydroxylation is 1. The molecule has 3 rings (SSSR count). The Morgan fingerprint density at radius 3 is 3.20 bits per heavy atom. The smallest absolute Gasteiger partial charge is 0.296 e. The number of rotatable bonds is 0. The normalized spacial score (nSPS) is 14.1. The van der Waals surface area contributed by atoms with E-state index in [1.165, 1.54) is 0 Å². The van der Waals surface area contributed by atoms with Crippen molar-refractivity contribution < 1.29 is 4.52 Å². The van der Waals surface area contributed by atoms with E-state index in [-0.39, 0.29) is 0 Å². The minimum Gasteiger partial charge on any atom is -0.296 e. The summed E-state index contributed by atoms with van der Waals surface area (Å²) in [5.74, 6) is 1.22. The van der Waals surface area contributed by atoms with Gasteiger partial charge in [0.15, 0.2) is 5.82 Å². The molecule has 1 aliphatic rings. The van der Waals surface area contributed by atoms with Gasteiger partial charge in [0.2, 0.25) is 0 Å². The van der Waals surface area contributed by atoms with Gasteiger partial charge in [-0.05, 0) is 12.1 Å².